The average molecular weight is 478 g/mol. The number of rotatable bonds is 7. The molecule has 8 heteroatoms. The van der Waals surface area contributed by atoms with Gasteiger partial charge in [0.25, 0.3) is 0 Å². The smallest absolute Gasteiger partial charge is 0.249 e. The van der Waals surface area contributed by atoms with Gasteiger partial charge in [0.15, 0.2) is 0 Å². The number of hydrogen-bond acceptors (Lipinski definition) is 5. The van der Waals surface area contributed by atoms with Gasteiger partial charge in [0.1, 0.15) is 6.54 Å². The molecule has 1 saturated heterocycles. The number of nitrogens with one attached hydrogen (secondary N) is 1. The number of carbonyl (C=O) groups excluding carboxylic acids is 1. The van der Waals surface area contributed by atoms with Gasteiger partial charge in [-0.3, -0.25) is 9.69 Å². The molecule has 3 heterocycles. The molecule has 1 fully saturated rings. The molecule has 1 aliphatic rings. The second-order valence-electron chi connectivity index (χ2n) is 9.02. The standard InChI is InChI=1S/C26H28ClN5O2/c1-18-10-12-31(13-11-18)17-25-29-30-26(34-25)21-15-32(23-9-5-3-7-20(21)23)16-24(33)28-14-19-6-2-4-8-22(19)27/h2-9,15,18H,10-14,16-17H2,1H3,(H,28,33). The Kier molecular flexibility index (Phi) is 6.65. The van der Waals surface area contributed by atoms with E-state index >= 15 is 0 Å². The minimum absolute atomic E-state index is 0.0993. The lowest BCUT2D eigenvalue weighted by Gasteiger charge is -2.28. The summed E-state index contributed by atoms with van der Waals surface area (Å²) in [4.78, 5) is 15.1. The first-order chi connectivity index (χ1) is 16.6. The summed E-state index contributed by atoms with van der Waals surface area (Å²) in [7, 11) is 0. The SMILES string of the molecule is CC1CCN(Cc2nnc(-c3cn(CC(=O)NCc4ccccc4Cl)c4ccccc34)o2)CC1. The Morgan fingerprint density at radius 1 is 1.12 bits per heavy atom. The quantitative estimate of drug-likeness (QED) is 0.410. The first kappa shape index (κ1) is 22.6. The molecule has 0 aliphatic carbocycles. The third-order valence-corrected chi connectivity index (χ3v) is 6.84. The van der Waals surface area contributed by atoms with Crippen molar-refractivity contribution in [3.63, 3.8) is 0 Å². The molecule has 2 aromatic carbocycles. The Morgan fingerprint density at radius 3 is 2.71 bits per heavy atom. The molecule has 0 bridgehead atoms. The number of amides is 1. The van der Waals surface area contributed by atoms with Gasteiger partial charge in [-0.05, 0) is 49.5 Å². The third-order valence-electron chi connectivity index (χ3n) is 6.47. The fourth-order valence-corrected chi connectivity index (χ4v) is 4.63. The molecule has 1 N–H and O–H groups in total. The van der Waals surface area contributed by atoms with Crippen LogP contribution in [0.1, 0.15) is 31.2 Å². The molecule has 0 atom stereocenters. The van der Waals surface area contributed by atoms with E-state index in [1.807, 2.05) is 59.3 Å². The summed E-state index contributed by atoms with van der Waals surface area (Å²) in [6, 6.07) is 15.4. The second-order valence-corrected chi connectivity index (χ2v) is 9.42. The lowest BCUT2D eigenvalue weighted by molar-refractivity contribution is -0.121. The zero-order valence-corrected chi connectivity index (χ0v) is 20.0. The van der Waals surface area contributed by atoms with E-state index in [9.17, 15) is 4.79 Å². The van der Waals surface area contributed by atoms with Crippen molar-refractivity contribution in [2.24, 2.45) is 5.92 Å². The lowest BCUT2D eigenvalue weighted by atomic mass is 9.99. The number of aromatic nitrogens is 3. The molecule has 4 aromatic rings. The van der Waals surface area contributed by atoms with Crippen molar-refractivity contribution in [1.29, 1.82) is 0 Å². The van der Waals surface area contributed by atoms with Crippen molar-refractivity contribution in [3.05, 3.63) is 71.2 Å². The molecule has 5 rings (SSSR count). The van der Waals surface area contributed by atoms with Crippen molar-refractivity contribution >= 4 is 28.4 Å². The van der Waals surface area contributed by atoms with Crippen LogP contribution in [0.25, 0.3) is 22.4 Å². The Bertz CT molecular complexity index is 1290. The second kappa shape index (κ2) is 9.99. The van der Waals surface area contributed by atoms with E-state index in [0.29, 0.717) is 29.9 Å². The highest BCUT2D eigenvalue weighted by atomic mass is 35.5. The van der Waals surface area contributed by atoms with Crippen molar-refractivity contribution in [3.8, 4) is 11.5 Å². The molecule has 0 spiro atoms. The average Bonchev–Trinajstić information content (AvgIpc) is 3.45. The predicted octanol–water partition coefficient (Wildman–Crippen LogP) is 4.89. The Hall–Kier alpha value is -3.16. The summed E-state index contributed by atoms with van der Waals surface area (Å²) < 4.78 is 7.97. The van der Waals surface area contributed by atoms with Gasteiger partial charge in [-0.25, -0.2) is 0 Å². The molecular weight excluding hydrogens is 450 g/mol. The molecule has 1 amide bonds. The maximum atomic E-state index is 12.7. The van der Waals surface area contributed by atoms with Crippen LogP contribution in [-0.4, -0.2) is 38.7 Å². The topological polar surface area (TPSA) is 76.2 Å². The molecule has 176 valence electrons. The van der Waals surface area contributed by atoms with Crippen molar-refractivity contribution in [2.75, 3.05) is 13.1 Å². The molecule has 0 radical (unpaired) electrons. The molecule has 2 aromatic heterocycles. The van der Waals surface area contributed by atoms with Crippen LogP contribution >= 0.6 is 11.6 Å². The van der Waals surface area contributed by atoms with Crippen LogP contribution in [0.5, 0.6) is 0 Å². The molecule has 1 aliphatic heterocycles. The Labute approximate surface area is 203 Å². The number of benzene rings is 2. The number of piperidine rings is 1. The predicted molar refractivity (Wildman–Crippen MR) is 132 cm³/mol. The minimum atomic E-state index is -0.0993. The van der Waals surface area contributed by atoms with E-state index in [4.69, 9.17) is 16.0 Å². The molecular formula is C26H28ClN5O2. The van der Waals surface area contributed by atoms with Crippen LogP contribution in [0, 0.1) is 5.92 Å². The van der Waals surface area contributed by atoms with Gasteiger partial charge in [0, 0.05) is 28.7 Å². The van der Waals surface area contributed by atoms with Crippen LogP contribution < -0.4 is 5.32 Å². The first-order valence-corrected chi connectivity index (χ1v) is 12.1. The highest BCUT2D eigenvalue weighted by Crippen LogP contribution is 2.30. The van der Waals surface area contributed by atoms with Gasteiger partial charge >= 0.3 is 0 Å². The number of nitrogens with zero attached hydrogens (tertiary/aromatic N) is 4. The fourth-order valence-electron chi connectivity index (χ4n) is 4.43. The minimum Gasteiger partial charge on any atom is -0.419 e. The summed E-state index contributed by atoms with van der Waals surface area (Å²) in [5.41, 5.74) is 2.66. The van der Waals surface area contributed by atoms with E-state index in [1.54, 1.807) is 0 Å². The van der Waals surface area contributed by atoms with Crippen molar-refractivity contribution < 1.29 is 9.21 Å². The van der Waals surface area contributed by atoms with E-state index in [-0.39, 0.29) is 12.5 Å². The third kappa shape index (κ3) is 5.00. The van der Waals surface area contributed by atoms with Crippen LogP contribution in [0.15, 0.2) is 59.1 Å². The van der Waals surface area contributed by atoms with Gasteiger partial charge in [-0.2, -0.15) is 0 Å². The van der Waals surface area contributed by atoms with Crippen LogP contribution in [0.4, 0.5) is 0 Å². The summed E-state index contributed by atoms with van der Waals surface area (Å²) in [6.45, 7) is 5.64. The molecule has 0 unspecified atom stereocenters. The van der Waals surface area contributed by atoms with Gasteiger partial charge < -0.3 is 14.3 Å². The van der Waals surface area contributed by atoms with Gasteiger partial charge in [-0.15, -0.1) is 10.2 Å². The largest absolute Gasteiger partial charge is 0.419 e. The van der Waals surface area contributed by atoms with E-state index in [0.717, 1.165) is 41.0 Å². The number of hydrogen-bond donors (Lipinski definition) is 1. The van der Waals surface area contributed by atoms with Gasteiger partial charge in [0.2, 0.25) is 17.7 Å². The highest BCUT2D eigenvalue weighted by Gasteiger charge is 2.20. The summed E-state index contributed by atoms with van der Waals surface area (Å²) in [6.07, 6.45) is 4.32. The van der Waals surface area contributed by atoms with Gasteiger partial charge in [-0.1, -0.05) is 54.9 Å². The molecule has 34 heavy (non-hydrogen) atoms. The van der Waals surface area contributed by atoms with Crippen LogP contribution in [0.3, 0.4) is 0 Å². The van der Waals surface area contributed by atoms with E-state index in [1.165, 1.54) is 12.8 Å². The zero-order chi connectivity index (χ0) is 23.5. The number of halogens is 1. The monoisotopic (exact) mass is 477 g/mol. The maximum Gasteiger partial charge on any atom is 0.249 e. The Balaban J connectivity index is 1.31. The number of likely N-dealkylation sites (tertiary alicyclic amines) is 1. The molecule has 0 saturated carbocycles. The normalized spacial score (nSPS) is 15.1. The molecule has 7 nitrogen and oxygen atoms in total. The number of para-hydroxylation sites is 1. The number of fused-ring (bicyclic) bond motifs is 1. The number of carbonyl (C=O) groups is 1. The van der Waals surface area contributed by atoms with Crippen molar-refractivity contribution in [1.82, 2.24) is 25.0 Å². The summed E-state index contributed by atoms with van der Waals surface area (Å²) in [5.74, 6) is 1.78. The summed E-state index contributed by atoms with van der Waals surface area (Å²) in [5, 5.41) is 13.2. The highest BCUT2D eigenvalue weighted by molar-refractivity contribution is 6.31. The lowest BCUT2D eigenvalue weighted by Crippen LogP contribution is -2.32. The maximum absolute atomic E-state index is 12.7. The van der Waals surface area contributed by atoms with Crippen LogP contribution in [-0.2, 0) is 24.4 Å². The van der Waals surface area contributed by atoms with Crippen LogP contribution in [0.2, 0.25) is 5.02 Å². The van der Waals surface area contributed by atoms with Gasteiger partial charge in [0.05, 0.1) is 12.1 Å². The van der Waals surface area contributed by atoms with E-state index < -0.39 is 0 Å². The zero-order valence-electron chi connectivity index (χ0n) is 19.2. The van der Waals surface area contributed by atoms with E-state index in [2.05, 4.69) is 27.3 Å². The summed E-state index contributed by atoms with van der Waals surface area (Å²) >= 11 is 6.20. The Morgan fingerprint density at radius 2 is 1.88 bits per heavy atom. The fraction of sp³-hybridized carbons (Fsp3) is 0.346. The first-order valence-electron chi connectivity index (χ1n) is 11.7. The van der Waals surface area contributed by atoms with Crippen molar-refractivity contribution in [2.45, 2.75) is 39.4 Å².